The van der Waals surface area contributed by atoms with Crippen molar-refractivity contribution in [1.82, 2.24) is 35.5 Å². The van der Waals surface area contributed by atoms with Crippen LogP contribution >= 0.6 is 11.6 Å². The number of benzene rings is 1. The second kappa shape index (κ2) is 11.3. The number of anilines is 2. The van der Waals surface area contributed by atoms with Gasteiger partial charge in [-0.05, 0) is 37.1 Å². The zero-order valence-corrected chi connectivity index (χ0v) is 22.7. The minimum Gasteiger partial charge on any atom is -0.493 e. The van der Waals surface area contributed by atoms with Gasteiger partial charge >= 0.3 is 5.91 Å². The summed E-state index contributed by atoms with van der Waals surface area (Å²) in [5.41, 5.74) is 11.3. The highest BCUT2D eigenvalue weighted by molar-refractivity contribution is 6.31. The molecule has 0 saturated carbocycles. The number of amides is 2. The number of nitrogens with one attached hydrogen (secondary N) is 2. The Morgan fingerprint density at radius 1 is 1.12 bits per heavy atom. The number of likely N-dealkylation sites (tertiary alicyclic amines) is 1. The van der Waals surface area contributed by atoms with E-state index in [1.807, 2.05) is 0 Å². The van der Waals surface area contributed by atoms with Gasteiger partial charge < -0.3 is 41.6 Å². The van der Waals surface area contributed by atoms with Gasteiger partial charge in [-0.1, -0.05) is 11.6 Å². The predicted molar refractivity (Wildman–Crippen MR) is 148 cm³/mol. The van der Waals surface area contributed by atoms with Crippen molar-refractivity contribution in [3.8, 4) is 17.5 Å². The molecular formula is C25H27ClN10O5. The number of halogens is 1. The lowest BCUT2D eigenvalue weighted by molar-refractivity contribution is 0.0669. The Morgan fingerprint density at radius 2 is 1.85 bits per heavy atom. The molecule has 214 valence electrons. The van der Waals surface area contributed by atoms with Crippen LogP contribution in [0.5, 0.6) is 17.5 Å². The average Bonchev–Trinajstić information content (AvgIpc) is 3.35. The van der Waals surface area contributed by atoms with E-state index >= 15 is 0 Å². The molecule has 2 aromatic heterocycles. The zero-order valence-electron chi connectivity index (χ0n) is 21.9. The van der Waals surface area contributed by atoms with Crippen LogP contribution in [0.2, 0.25) is 5.15 Å². The Balaban J connectivity index is 1.14. The molecule has 4 heterocycles. The van der Waals surface area contributed by atoms with Crippen molar-refractivity contribution in [3.05, 3.63) is 52.6 Å². The number of methoxy groups -OCH3 is 1. The van der Waals surface area contributed by atoms with Crippen molar-refractivity contribution in [2.45, 2.75) is 25.0 Å². The standard InChI is InChI=1S/C25H27ClN10O5/c1-40-17-10-16(37)30-15(31-17)11-41-14-4-2-13(3-5-14)23(39)36-8-6-25(7-9-36)12-29-24(35-25)34-22(38)18-20(27)33-21(28)19(26)32-18/h2-5,10H,6-9,11-12H2,1H3,(H4,27,28,33)(H,30,31,37)(H2,29,34,35,38). The molecule has 0 unspecified atom stereocenters. The summed E-state index contributed by atoms with van der Waals surface area (Å²) >= 11 is 5.87. The Hall–Kier alpha value is -4.92. The van der Waals surface area contributed by atoms with Crippen LogP contribution in [0.4, 0.5) is 11.6 Å². The summed E-state index contributed by atoms with van der Waals surface area (Å²) in [7, 11) is 1.44. The quantitative estimate of drug-likeness (QED) is 0.271. The Labute approximate surface area is 239 Å². The number of guanidine groups is 1. The topological polar surface area (TPSA) is 216 Å². The number of carbonyl (C=O) groups excluding carboxylic acids is 2. The first kappa shape index (κ1) is 27.6. The Kier molecular flexibility index (Phi) is 7.61. The van der Waals surface area contributed by atoms with Gasteiger partial charge in [0.1, 0.15) is 12.4 Å². The molecule has 3 aromatic rings. The molecule has 2 amide bonds. The van der Waals surface area contributed by atoms with E-state index in [-0.39, 0.29) is 64.1 Å². The molecule has 1 aromatic carbocycles. The number of piperidine rings is 1. The third-order valence-electron chi connectivity index (χ3n) is 6.72. The van der Waals surface area contributed by atoms with Crippen molar-refractivity contribution in [1.29, 1.82) is 0 Å². The molecule has 0 aliphatic carbocycles. The summed E-state index contributed by atoms with van der Waals surface area (Å²) in [4.78, 5) is 47.3. The highest BCUT2D eigenvalue weighted by Gasteiger charge is 2.41. The third kappa shape index (κ3) is 6.14. The number of aromatic nitrogens is 4. The van der Waals surface area contributed by atoms with Crippen molar-refractivity contribution in [2.24, 2.45) is 4.99 Å². The fraction of sp³-hybridized carbons (Fsp3) is 0.320. The number of carbonyl (C=O) groups is 2. The van der Waals surface area contributed by atoms with Crippen LogP contribution in [0.15, 0.2) is 35.3 Å². The summed E-state index contributed by atoms with van der Waals surface area (Å²) < 4.78 is 10.7. The number of nitrogens with two attached hydrogens (primary N) is 2. The molecule has 7 N–H and O–H groups in total. The maximum atomic E-state index is 13.1. The van der Waals surface area contributed by atoms with Gasteiger partial charge in [0.2, 0.25) is 11.8 Å². The number of hydrogen-bond acceptors (Lipinski definition) is 11. The molecule has 2 aliphatic heterocycles. The van der Waals surface area contributed by atoms with Crippen molar-refractivity contribution in [3.63, 3.8) is 0 Å². The van der Waals surface area contributed by atoms with Crippen molar-refractivity contribution < 1.29 is 24.2 Å². The normalized spacial score (nSPS) is 16.7. The van der Waals surface area contributed by atoms with Crippen LogP contribution in [0.3, 0.4) is 0 Å². The number of nitrogen functional groups attached to an aromatic ring is 2. The fourth-order valence-corrected chi connectivity index (χ4v) is 4.63. The Morgan fingerprint density at radius 3 is 2.56 bits per heavy atom. The third-order valence-corrected chi connectivity index (χ3v) is 7.00. The van der Waals surface area contributed by atoms with E-state index in [1.54, 1.807) is 29.2 Å². The van der Waals surface area contributed by atoms with Gasteiger partial charge in [0.15, 0.2) is 34.3 Å². The second-order valence-corrected chi connectivity index (χ2v) is 9.81. The van der Waals surface area contributed by atoms with E-state index in [9.17, 15) is 14.7 Å². The lowest BCUT2D eigenvalue weighted by atomic mass is 9.88. The number of aromatic hydroxyl groups is 1. The van der Waals surface area contributed by atoms with Gasteiger partial charge in [0, 0.05) is 25.2 Å². The molecule has 5 rings (SSSR count). The molecule has 15 nitrogen and oxygen atoms in total. The second-order valence-electron chi connectivity index (χ2n) is 9.45. The van der Waals surface area contributed by atoms with E-state index in [4.69, 9.17) is 32.5 Å². The van der Waals surface area contributed by atoms with Gasteiger partial charge in [-0.15, -0.1) is 0 Å². The largest absolute Gasteiger partial charge is 0.493 e. The molecule has 0 radical (unpaired) electrons. The lowest BCUT2D eigenvalue weighted by Crippen LogP contribution is -2.53. The molecule has 2 fully saturated rings. The van der Waals surface area contributed by atoms with Crippen LogP contribution < -0.4 is 31.6 Å². The van der Waals surface area contributed by atoms with Gasteiger partial charge in [-0.2, -0.15) is 15.0 Å². The molecule has 0 atom stereocenters. The fourth-order valence-electron chi connectivity index (χ4n) is 4.51. The molecular weight excluding hydrogens is 556 g/mol. The van der Waals surface area contributed by atoms with E-state index in [0.29, 0.717) is 43.8 Å². The highest BCUT2D eigenvalue weighted by atomic mass is 35.5. The smallest absolute Gasteiger partial charge is 0.302 e. The van der Waals surface area contributed by atoms with Crippen LogP contribution in [0.1, 0.15) is 39.5 Å². The first-order valence-electron chi connectivity index (χ1n) is 12.5. The average molecular weight is 583 g/mol. The van der Waals surface area contributed by atoms with E-state index in [2.05, 4.69) is 35.6 Å². The molecule has 16 heteroatoms. The summed E-state index contributed by atoms with van der Waals surface area (Å²) in [6.07, 6.45) is 1.28. The maximum Gasteiger partial charge on any atom is 0.302 e. The van der Waals surface area contributed by atoms with Crippen LogP contribution in [0, 0.1) is 0 Å². The predicted octanol–water partition coefficient (Wildman–Crippen LogP) is 0.742. The van der Waals surface area contributed by atoms with E-state index in [1.165, 1.54) is 13.2 Å². The van der Waals surface area contributed by atoms with E-state index in [0.717, 1.165) is 0 Å². The van der Waals surface area contributed by atoms with Gasteiger partial charge in [0.25, 0.3) is 5.91 Å². The Bertz CT molecular complexity index is 1510. The number of aliphatic imine (C=N–C) groups is 1. The molecule has 41 heavy (non-hydrogen) atoms. The minimum atomic E-state index is -0.710. The van der Waals surface area contributed by atoms with Gasteiger partial charge in [-0.25, -0.2) is 9.97 Å². The first-order valence-corrected chi connectivity index (χ1v) is 12.9. The molecule has 0 bridgehead atoms. The summed E-state index contributed by atoms with van der Waals surface area (Å²) in [6, 6.07) is 8.05. The zero-order chi connectivity index (χ0) is 29.1. The monoisotopic (exact) mass is 582 g/mol. The lowest BCUT2D eigenvalue weighted by Gasteiger charge is -2.38. The first-order chi connectivity index (χ1) is 19.6. The van der Waals surface area contributed by atoms with Crippen LogP contribution in [-0.2, 0) is 6.61 Å². The molecule has 1 spiro atoms. The van der Waals surface area contributed by atoms with Gasteiger partial charge in [0.05, 0.1) is 18.7 Å². The molecule has 2 saturated heterocycles. The minimum absolute atomic E-state index is 0.0126. The summed E-state index contributed by atoms with van der Waals surface area (Å²) in [6.45, 7) is 1.57. The SMILES string of the molecule is COc1cc(O)nc(COc2ccc(C(=O)N3CCC4(CC3)CN/C(=N\C(=O)c3nc(Cl)c(N)nc3N)N4)cc2)n1. The van der Waals surface area contributed by atoms with Crippen LogP contribution in [0.25, 0.3) is 0 Å². The van der Waals surface area contributed by atoms with Gasteiger partial charge in [-0.3, -0.25) is 9.59 Å². The summed E-state index contributed by atoms with van der Waals surface area (Å²) in [5, 5.41) is 15.9. The number of ether oxygens (including phenoxy) is 2. The maximum absolute atomic E-state index is 13.1. The number of hydrogen-bond donors (Lipinski definition) is 5. The highest BCUT2D eigenvalue weighted by Crippen LogP contribution is 2.26. The molecule has 2 aliphatic rings. The van der Waals surface area contributed by atoms with Crippen LogP contribution in [-0.4, -0.2) is 80.0 Å². The van der Waals surface area contributed by atoms with E-state index < -0.39 is 5.91 Å². The van der Waals surface area contributed by atoms with Crippen molar-refractivity contribution in [2.75, 3.05) is 38.2 Å². The number of nitrogens with zero attached hydrogens (tertiary/aromatic N) is 6. The number of rotatable bonds is 6. The van der Waals surface area contributed by atoms with Crippen molar-refractivity contribution >= 4 is 41.0 Å². The summed E-state index contributed by atoms with van der Waals surface area (Å²) in [5.74, 6) is 0.0197.